The summed E-state index contributed by atoms with van der Waals surface area (Å²) >= 11 is 0. The van der Waals surface area contributed by atoms with E-state index in [-0.39, 0.29) is 0 Å². The number of piperazine rings is 1. The molecule has 0 amide bonds. The molecular formula is C12H19BN2O3. The van der Waals surface area contributed by atoms with Gasteiger partial charge < -0.3 is 24.5 Å². The molecule has 1 aromatic carbocycles. The predicted octanol–water partition coefficient (Wildman–Crippen LogP) is 0.177. The Balaban J connectivity index is 1.93. The highest BCUT2D eigenvalue weighted by Crippen LogP contribution is 2.20. The first-order valence-electron chi connectivity index (χ1n) is 6.29. The lowest BCUT2D eigenvalue weighted by Gasteiger charge is -2.35. The molecule has 2 N–H and O–H groups in total. The fraction of sp³-hybridized carbons (Fsp3) is 0.500. The maximum Gasteiger partial charge on any atom is 0.707 e. The van der Waals surface area contributed by atoms with Crippen LogP contribution in [0.4, 0.5) is 5.69 Å². The summed E-state index contributed by atoms with van der Waals surface area (Å²) in [5.41, 5.74) is 1.14. The molecule has 0 aliphatic carbocycles. The third-order valence-electron chi connectivity index (χ3n) is 3.26. The van der Waals surface area contributed by atoms with Crippen molar-refractivity contribution in [3.05, 3.63) is 24.3 Å². The van der Waals surface area contributed by atoms with Crippen LogP contribution in [0.5, 0.6) is 5.75 Å². The van der Waals surface area contributed by atoms with E-state index in [1.54, 1.807) is 12.1 Å². The van der Waals surface area contributed by atoms with Crippen molar-refractivity contribution in [2.45, 2.75) is 6.92 Å². The summed E-state index contributed by atoms with van der Waals surface area (Å²) in [5, 5.41) is 17.4. The monoisotopic (exact) mass is 250 g/mol. The van der Waals surface area contributed by atoms with E-state index >= 15 is 0 Å². The molecule has 1 saturated heterocycles. The molecule has 18 heavy (non-hydrogen) atoms. The average molecular weight is 250 g/mol. The van der Waals surface area contributed by atoms with Gasteiger partial charge in [0.15, 0.2) is 0 Å². The molecule has 98 valence electrons. The smallest absolute Gasteiger partial charge is 0.512 e. The number of hydrogen-bond acceptors (Lipinski definition) is 5. The number of likely N-dealkylation sites (N-methyl/N-ethyl adjacent to an activating group) is 1. The van der Waals surface area contributed by atoms with E-state index in [2.05, 4.69) is 16.7 Å². The lowest BCUT2D eigenvalue weighted by atomic mass is 10.2. The Bertz CT molecular complexity index is 364. The van der Waals surface area contributed by atoms with Crippen molar-refractivity contribution in [3.8, 4) is 5.75 Å². The highest BCUT2D eigenvalue weighted by molar-refractivity contribution is 6.33. The maximum absolute atomic E-state index is 8.70. The number of anilines is 1. The van der Waals surface area contributed by atoms with Gasteiger partial charge in [0, 0.05) is 31.9 Å². The molecular weight excluding hydrogens is 231 g/mol. The molecule has 0 spiro atoms. The van der Waals surface area contributed by atoms with Crippen LogP contribution in [0.25, 0.3) is 0 Å². The molecule has 0 aromatic heterocycles. The van der Waals surface area contributed by atoms with Gasteiger partial charge in [0.1, 0.15) is 5.75 Å². The van der Waals surface area contributed by atoms with Gasteiger partial charge in [-0.3, -0.25) is 0 Å². The molecule has 1 fully saturated rings. The van der Waals surface area contributed by atoms with Crippen molar-refractivity contribution in [1.29, 1.82) is 0 Å². The first kappa shape index (κ1) is 13.2. The largest absolute Gasteiger partial charge is 0.707 e. The van der Waals surface area contributed by atoms with Gasteiger partial charge >= 0.3 is 7.32 Å². The Morgan fingerprint density at radius 2 is 1.72 bits per heavy atom. The second-order valence-electron chi connectivity index (χ2n) is 4.36. The summed E-state index contributed by atoms with van der Waals surface area (Å²) in [6, 6.07) is 7.39. The van der Waals surface area contributed by atoms with Crippen molar-refractivity contribution in [2.75, 3.05) is 37.6 Å². The maximum atomic E-state index is 8.70. The fourth-order valence-corrected chi connectivity index (χ4v) is 2.18. The Kier molecular flexibility index (Phi) is 4.46. The first-order chi connectivity index (χ1) is 8.69. The van der Waals surface area contributed by atoms with Gasteiger partial charge in [-0.15, -0.1) is 0 Å². The molecule has 2 rings (SSSR count). The summed E-state index contributed by atoms with van der Waals surface area (Å²) in [5.74, 6) is 0.459. The third-order valence-corrected chi connectivity index (χ3v) is 3.26. The summed E-state index contributed by atoms with van der Waals surface area (Å²) in [4.78, 5) is 4.75. The van der Waals surface area contributed by atoms with Gasteiger partial charge in [0.05, 0.1) is 0 Å². The molecule has 1 aliphatic rings. The number of rotatable bonds is 4. The number of nitrogens with zero attached hydrogens (tertiary/aromatic N) is 2. The highest BCUT2D eigenvalue weighted by atomic mass is 16.6. The van der Waals surface area contributed by atoms with E-state index in [1.807, 2.05) is 12.1 Å². The second kappa shape index (κ2) is 6.09. The van der Waals surface area contributed by atoms with Crippen LogP contribution in [0, 0.1) is 0 Å². The number of benzene rings is 1. The van der Waals surface area contributed by atoms with Gasteiger partial charge in [0.2, 0.25) is 0 Å². The third kappa shape index (κ3) is 3.38. The summed E-state index contributed by atoms with van der Waals surface area (Å²) < 4.78 is 4.78. The van der Waals surface area contributed by atoms with Crippen LogP contribution < -0.4 is 9.55 Å². The van der Waals surface area contributed by atoms with E-state index in [4.69, 9.17) is 14.7 Å². The first-order valence-corrected chi connectivity index (χ1v) is 6.29. The lowest BCUT2D eigenvalue weighted by molar-refractivity contribution is 0.271. The lowest BCUT2D eigenvalue weighted by Crippen LogP contribution is -2.46. The average Bonchev–Trinajstić information content (AvgIpc) is 2.39. The molecule has 1 heterocycles. The van der Waals surface area contributed by atoms with Gasteiger partial charge in [0.25, 0.3) is 0 Å². The topological polar surface area (TPSA) is 56.2 Å². The molecule has 5 nitrogen and oxygen atoms in total. The fourth-order valence-electron chi connectivity index (χ4n) is 2.18. The Morgan fingerprint density at radius 1 is 1.11 bits per heavy atom. The zero-order valence-electron chi connectivity index (χ0n) is 10.6. The predicted molar refractivity (Wildman–Crippen MR) is 71.6 cm³/mol. The van der Waals surface area contributed by atoms with Crippen LogP contribution in [0.15, 0.2) is 24.3 Å². The molecule has 0 radical (unpaired) electrons. The van der Waals surface area contributed by atoms with E-state index in [0.717, 1.165) is 38.4 Å². The van der Waals surface area contributed by atoms with Gasteiger partial charge in [-0.1, -0.05) is 6.92 Å². The zero-order valence-corrected chi connectivity index (χ0v) is 10.6. The molecule has 1 aliphatic heterocycles. The van der Waals surface area contributed by atoms with Crippen LogP contribution in [-0.2, 0) is 0 Å². The van der Waals surface area contributed by atoms with Gasteiger partial charge in [-0.2, -0.15) is 0 Å². The molecule has 0 bridgehead atoms. The van der Waals surface area contributed by atoms with Gasteiger partial charge in [-0.25, -0.2) is 0 Å². The SMILES string of the molecule is CCN1CCN(c2ccc(OB(O)O)cc2)CC1. The quantitative estimate of drug-likeness (QED) is 0.746. The minimum Gasteiger partial charge on any atom is -0.512 e. The van der Waals surface area contributed by atoms with Gasteiger partial charge in [-0.05, 0) is 30.8 Å². The van der Waals surface area contributed by atoms with Crippen LogP contribution in [-0.4, -0.2) is 55.0 Å². The summed E-state index contributed by atoms with van der Waals surface area (Å²) in [6.07, 6.45) is 0. The van der Waals surface area contributed by atoms with Crippen molar-refractivity contribution in [3.63, 3.8) is 0 Å². The zero-order chi connectivity index (χ0) is 13.0. The minimum absolute atomic E-state index is 0.459. The Morgan fingerprint density at radius 3 is 2.22 bits per heavy atom. The van der Waals surface area contributed by atoms with E-state index < -0.39 is 7.32 Å². The Hall–Kier alpha value is -1.24. The van der Waals surface area contributed by atoms with Crippen molar-refractivity contribution >= 4 is 13.0 Å². The van der Waals surface area contributed by atoms with Crippen LogP contribution in [0.1, 0.15) is 6.92 Å². The summed E-state index contributed by atoms with van der Waals surface area (Å²) in [7, 11) is -1.76. The summed E-state index contributed by atoms with van der Waals surface area (Å²) in [6.45, 7) is 7.51. The Labute approximate surface area is 108 Å². The molecule has 0 saturated carbocycles. The molecule has 0 atom stereocenters. The van der Waals surface area contributed by atoms with E-state index in [0.29, 0.717) is 5.75 Å². The second-order valence-corrected chi connectivity index (χ2v) is 4.36. The van der Waals surface area contributed by atoms with Crippen LogP contribution in [0.2, 0.25) is 0 Å². The molecule has 0 unspecified atom stereocenters. The van der Waals surface area contributed by atoms with Crippen molar-refractivity contribution in [1.82, 2.24) is 4.90 Å². The van der Waals surface area contributed by atoms with Crippen molar-refractivity contribution in [2.24, 2.45) is 0 Å². The van der Waals surface area contributed by atoms with E-state index in [1.165, 1.54) is 0 Å². The van der Waals surface area contributed by atoms with E-state index in [9.17, 15) is 0 Å². The van der Waals surface area contributed by atoms with Crippen molar-refractivity contribution < 1.29 is 14.7 Å². The van der Waals surface area contributed by atoms with Crippen LogP contribution in [0.3, 0.4) is 0 Å². The van der Waals surface area contributed by atoms with Crippen LogP contribution >= 0.6 is 0 Å². The molecule has 1 aromatic rings. The minimum atomic E-state index is -1.76. The number of hydrogen-bond donors (Lipinski definition) is 2. The molecule has 6 heteroatoms. The highest BCUT2D eigenvalue weighted by Gasteiger charge is 2.16. The normalized spacial score (nSPS) is 16.7. The standard InChI is InChI=1S/C12H19BN2O3/c1-2-14-7-9-15(10-8-14)11-3-5-12(6-4-11)18-13(16)17/h3-6,16-17H,2,7-10H2,1H3.